The van der Waals surface area contributed by atoms with Gasteiger partial charge in [-0.1, -0.05) is 6.92 Å². The van der Waals surface area contributed by atoms with Crippen LogP contribution >= 0.6 is 0 Å². The number of nitrogens with zero attached hydrogens (tertiary/aromatic N) is 3. The fraction of sp³-hybridized carbons (Fsp3) is 0.542. The van der Waals surface area contributed by atoms with Gasteiger partial charge in [-0.15, -0.1) is 0 Å². The second-order valence-corrected chi connectivity index (χ2v) is 8.95. The van der Waals surface area contributed by atoms with Crippen molar-refractivity contribution in [2.24, 2.45) is 5.92 Å². The summed E-state index contributed by atoms with van der Waals surface area (Å²) in [5.41, 5.74) is 0.844. The lowest BCUT2D eigenvalue weighted by Gasteiger charge is -2.33. The Morgan fingerprint density at radius 3 is 2.55 bits per heavy atom. The van der Waals surface area contributed by atoms with Crippen LogP contribution in [0.3, 0.4) is 0 Å². The summed E-state index contributed by atoms with van der Waals surface area (Å²) in [6.07, 6.45) is 2.02. The Labute approximate surface area is 193 Å². The fourth-order valence-corrected chi connectivity index (χ4v) is 4.55. The summed E-state index contributed by atoms with van der Waals surface area (Å²) in [4.78, 5) is 28.6. The van der Waals surface area contributed by atoms with Crippen molar-refractivity contribution in [2.45, 2.75) is 32.7 Å². The largest absolute Gasteiger partial charge is 0.465 e. The van der Waals surface area contributed by atoms with Gasteiger partial charge in [0.25, 0.3) is 11.6 Å². The number of morpholine rings is 1. The minimum absolute atomic E-state index is 0.0245. The summed E-state index contributed by atoms with van der Waals surface area (Å²) in [7, 11) is 0. The molecule has 0 aliphatic carbocycles. The molecule has 0 saturated carbocycles. The molecule has 9 heteroatoms. The Morgan fingerprint density at radius 1 is 1.18 bits per heavy atom. The number of rotatable bonds is 7. The molecule has 33 heavy (non-hydrogen) atoms. The monoisotopic (exact) mass is 456 g/mol. The van der Waals surface area contributed by atoms with Gasteiger partial charge in [0, 0.05) is 44.4 Å². The average molecular weight is 457 g/mol. The van der Waals surface area contributed by atoms with Crippen molar-refractivity contribution in [2.75, 3.05) is 50.8 Å². The van der Waals surface area contributed by atoms with Crippen molar-refractivity contribution in [3.63, 3.8) is 0 Å². The number of aryl methyl sites for hydroxylation is 1. The molecule has 0 spiro atoms. The number of nitro benzene ring substituents is 1. The van der Waals surface area contributed by atoms with Gasteiger partial charge in [0.05, 0.1) is 24.2 Å². The van der Waals surface area contributed by atoms with E-state index in [9.17, 15) is 14.9 Å². The first-order chi connectivity index (χ1) is 15.9. The molecule has 2 aliphatic rings. The maximum Gasteiger partial charge on any atom is 0.293 e. The summed E-state index contributed by atoms with van der Waals surface area (Å²) in [6.45, 7) is 8.76. The van der Waals surface area contributed by atoms with Gasteiger partial charge in [0.1, 0.15) is 17.2 Å². The van der Waals surface area contributed by atoms with E-state index in [1.165, 1.54) is 6.07 Å². The lowest BCUT2D eigenvalue weighted by Crippen LogP contribution is -2.43. The molecule has 2 aromatic rings. The minimum atomic E-state index is -0.397. The number of furan rings is 1. The third kappa shape index (κ3) is 5.54. The third-order valence-electron chi connectivity index (χ3n) is 6.59. The summed E-state index contributed by atoms with van der Waals surface area (Å²) in [5.74, 6) is 1.89. The van der Waals surface area contributed by atoms with E-state index in [4.69, 9.17) is 9.15 Å². The highest BCUT2D eigenvalue weighted by molar-refractivity contribution is 5.95. The van der Waals surface area contributed by atoms with Gasteiger partial charge in [-0.2, -0.15) is 0 Å². The van der Waals surface area contributed by atoms with Crippen LogP contribution in [0.4, 0.5) is 11.4 Å². The zero-order valence-electron chi connectivity index (χ0n) is 19.3. The highest BCUT2D eigenvalue weighted by Gasteiger charge is 2.27. The Kier molecular flexibility index (Phi) is 7.29. The quantitative estimate of drug-likeness (QED) is 0.502. The zero-order valence-corrected chi connectivity index (χ0v) is 19.3. The van der Waals surface area contributed by atoms with Crippen LogP contribution in [-0.2, 0) is 4.74 Å². The Hall–Kier alpha value is -2.91. The molecule has 3 heterocycles. The average Bonchev–Trinajstić information content (AvgIpc) is 3.25. The van der Waals surface area contributed by atoms with E-state index in [0.29, 0.717) is 31.4 Å². The molecule has 0 radical (unpaired) electrons. The number of hydrogen-bond donors (Lipinski definition) is 1. The molecule has 1 amide bonds. The van der Waals surface area contributed by atoms with Gasteiger partial charge in [0.15, 0.2) is 0 Å². The van der Waals surface area contributed by atoms with Crippen molar-refractivity contribution >= 4 is 17.3 Å². The van der Waals surface area contributed by atoms with Gasteiger partial charge >= 0.3 is 0 Å². The number of nitrogens with one attached hydrogen (secondary N) is 1. The molecule has 2 saturated heterocycles. The van der Waals surface area contributed by atoms with E-state index in [-0.39, 0.29) is 23.2 Å². The van der Waals surface area contributed by atoms with Crippen molar-refractivity contribution in [3.8, 4) is 0 Å². The number of anilines is 1. The van der Waals surface area contributed by atoms with Gasteiger partial charge in [-0.25, -0.2) is 0 Å². The first-order valence-corrected chi connectivity index (χ1v) is 11.6. The fourth-order valence-electron chi connectivity index (χ4n) is 4.55. The van der Waals surface area contributed by atoms with E-state index in [2.05, 4.69) is 17.1 Å². The standard InChI is InChI=1S/C24H32N4O5/c1-17-7-9-26(10-8-17)20-5-4-19(15-21(20)28(30)31)24(29)25-16-22(23-6-3-18(2)33-23)27-11-13-32-14-12-27/h3-6,15,17,22H,7-14,16H2,1-2H3,(H,25,29). The lowest BCUT2D eigenvalue weighted by atomic mass is 9.98. The maximum absolute atomic E-state index is 13.0. The molecule has 178 valence electrons. The number of benzene rings is 1. The van der Waals surface area contributed by atoms with E-state index in [1.54, 1.807) is 12.1 Å². The minimum Gasteiger partial charge on any atom is -0.465 e. The topological polar surface area (TPSA) is 101 Å². The number of piperidine rings is 1. The van der Waals surface area contributed by atoms with Crippen LogP contribution in [0, 0.1) is 23.0 Å². The number of nitro groups is 1. The highest BCUT2D eigenvalue weighted by atomic mass is 16.6. The molecule has 1 atom stereocenters. The lowest BCUT2D eigenvalue weighted by molar-refractivity contribution is -0.384. The molecule has 1 aromatic heterocycles. The number of amides is 1. The molecular formula is C24H32N4O5. The summed E-state index contributed by atoms with van der Waals surface area (Å²) in [5, 5.41) is 14.7. The van der Waals surface area contributed by atoms with Gasteiger partial charge in [-0.3, -0.25) is 19.8 Å². The number of carbonyl (C=O) groups excluding carboxylic acids is 1. The van der Waals surface area contributed by atoms with Crippen molar-refractivity contribution in [1.82, 2.24) is 10.2 Å². The smallest absolute Gasteiger partial charge is 0.293 e. The van der Waals surface area contributed by atoms with E-state index < -0.39 is 4.92 Å². The van der Waals surface area contributed by atoms with E-state index >= 15 is 0 Å². The summed E-state index contributed by atoms with van der Waals surface area (Å²) in [6, 6.07) is 8.49. The van der Waals surface area contributed by atoms with E-state index in [1.807, 2.05) is 24.0 Å². The summed E-state index contributed by atoms with van der Waals surface area (Å²) < 4.78 is 11.3. The zero-order chi connectivity index (χ0) is 23.4. The second-order valence-electron chi connectivity index (χ2n) is 8.95. The second kappa shape index (κ2) is 10.4. The Morgan fingerprint density at radius 2 is 1.91 bits per heavy atom. The van der Waals surface area contributed by atoms with Crippen LogP contribution < -0.4 is 10.2 Å². The molecule has 0 bridgehead atoms. The number of carbonyl (C=O) groups is 1. The van der Waals surface area contributed by atoms with Crippen molar-refractivity contribution in [3.05, 3.63) is 57.5 Å². The van der Waals surface area contributed by atoms with Crippen molar-refractivity contribution in [1.29, 1.82) is 0 Å². The molecular weight excluding hydrogens is 424 g/mol. The molecule has 9 nitrogen and oxygen atoms in total. The number of hydrogen-bond acceptors (Lipinski definition) is 7. The highest BCUT2D eigenvalue weighted by Crippen LogP contribution is 2.32. The Balaban J connectivity index is 1.48. The predicted octanol–water partition coefficient (Wildman–Crippen LogP) is 3.54. The molecule has 1 aromatic carbocycles. The van der Waals surface area contributed by atoms with Crippen LogP contribution in [0.1, 0.15) is 47.7 Å². The van der Waals surface area contributed by atoms with Crippen molar-refractivity contribution < 1.29 is 18.9 Å². The van der Waals surface area contributed by atoms with Crippen LogP contribution in [0.5, 0.6) is 0 Å². The molecule has 1 unspecified atom stereocenters. The molecule has 2 fully saturated rings. The normalized spacial score (nSPS) is 18.8. The first-order valence-electron chi connectivity index (χ1n) is 11.6. The van der Waals surface area contributed by atoms with Crippen LogP contribution in [0.15, 0.2) is 34.7 Å². The van der Waals surface area contributed by atoms with Crippen LogP contribution in [-0.4, -0.2) is 61.7 Å². The summed E-state index contributed by atoms with van der Waals surface area (Å²) >= 11 is 0. The third-order valence-corrected chi connectivity index (χ3v) is 6.59. The van der Waals surface area contributed by atoms with Gasteiger partial charge in [0.2, 0.25) is 0 Å². The predicted molar refractivity (Wildman–Crippen MR) is 125 cm³/mol. The Bertz CT molecular complexity index is 977. The molecule has 4 rings (SSSR count). The maximum atomic E-state index is 13.0. The molecule has 1 N–H and O–H groups in total. The first kappa shape index (κ1) is 23.3. The van der Waals surface area contributed by atoms with Crippen LogP contribution in [0.25, 0.3) is 0 Å². The van der Waals surface area contributed by atoms with Gasteiger partial charge < -0.3 is 19.4 Å². The van der Waals surface area contributed by atoms with E-state index in [0.717, 1.165) is 50.5 Å². The SMILES string of the molecule is Cc1ccc(C(CNC(=O)c2ccc(N3CCC(C)CC3)c([N+](=O)[O-])c2)N2CCOCC2)o1. The molecule has 2 aliphatic heterocycles. The van der Waals surface area contributed by atoms with Crippen LogP contribution in [0.2, 0.25) is 0 Å². The number of ether oxygens (including phenoxy) is 1. The van der Waals surface area contributed by atoms with Gasteiger partial charge in [-0.05, 0) is 49.9 Å².